The maximum atomic E-state index is 5.36. The molecule has 1 aromatic carbocycles. The van der Waals surface area contributed by atoms with Crippen LogP contribution in [0.3, 0.4) is 0 Å². The van der Waals surface area contributed by atoms with E-state index >= 15 is 0 Å². The van der Waals surface area contributed by atoms with Crippen LogP contribution in [-0.2, 0) is 6.54 Å². The minimum atomic E-state index is 0.253. The van der Waals surface area contributed by atoms with Crippen molar-refractivity contribution in [1.29, 1.82) is 0 Å². The van der Waals surface area contributed by atoms with Gasteiger partial charge in [0.05, 0.1) is 21.3 Å². The Morgan fingerprint density at radius 1 is 1.11 bits per heavy atom. The molecule has 4 heteroatoms. The minimum absolute atomic E-state index is 0.253. The largest absolute Gasteiger partial charge is 0.496 e. The van der Waals surface area contributed by atoms with E-state index in [1.54, 1.807) is 21.3 Å². The Bertz CT molecular complexity index is 451. The Balaban J connectivity index is 2.90. The highest BCUT2D eigenvalue weighted by Crippen LogP contribution is 2.34. The Hall–Kier alpha value is -1.86. The molecule has 0 radical (unpaired) electrons. The van der Waals surface area contributed by atoms with Crippen LogP contribution in [0.5, 0.6) is 17.2 Å². The fraction of sp³-hybridized carbons (Fsp3) is 0.467. The minimum Gasteiger partial charge on any atom is -0.496 e. The lowest BCUT2D eigenvalue weighted by molar-refractivity contribution is 0.346. The first-order valence-corrected chi connectivity index (χ1v) is 6.12. The van der Waals surface area contributed by atoms with Crippen LogP contribution < -0.4 is 19.5 Å². The molecular weight excluding hydrogens is 242 g/mol. The number of hydrogen-bond donors (Lipinski definition) is 1. The summed E-state index contributed by atoms with van der Waals surface area (Å²) < 4.78 is 15.9. The molecular formula is C15H21NO3. The molecule has 0 amide bonds. The first-order chi connectivity index (χ1) is 9.15. The van der Waals surface area contributed by atoms with E-state index in [0.717, 1.165) is 11.3 Å². The summed E-state index contributed by atoms with van der Waals surface area (Å²) in [6, 6.07) is 3.98. The van der Waals surface area contributed by atoms with Gasteiger partial charge in [0.2, 0.25) is 0 Å². The van der Waals surface area contributed by atoms with Crippen molar-refractivity contribution in [3.05, 3.63) is 17.7 Å². The molecule has 0 bridgehead atoms. The van der Waals surface area contributed by atoms with Gasteiger partial charge in [-0.25, -0.2) is 0 Å². The number of ether oxygens (including phenoxy) is 3. The Kier molecular flexibility index (Phi) is 6.04. The summed E-state index contributed by atoms with van der Waals surface area (Å²) >= 11 is 0. The molecule has 1 rings (SSSR count). The molecule has 1 unspecified atom stereocenters. The molecule has 0 aromatic heterocycles. The van der Waals surface area contributed by atoms with Crippen LogP contribution in [-0.4, -0.2) is 27.4 Å². The van der Waals surface area contributed by atoms with Gasteiger partial charge < -0.3 is 19.5 Å². The summed E-state index contributed by atoms with van der Waals surface area (Å²) in [5.41, 5.74) is 1.00. The zero-order chi connectivity index (χ0) is 14.3. The van der Waals surface area contributed by atoms with Crippen LogP contribution in [0.2, 0.25) is 0 Å². The van der Waals surface area contributed by atoms with Crippen molar-refractivity contribution in [2.24, 2.45) is 0 Å². The molecule has 0 saturated heterocycles. The van der Waals surface area contributed by atoms with E-state index in [0.29, 0.717) is 24.5 Å². The molecule has 0 spiro atoms. The zero-order valence-electron chi connectivity index (χ0n) is 11.9. The Morgan fingerprint density at radius 3 is 2.21 bits per heavy atom. The smallest absolute Gasteiger partial charge is 0.164 e. The quantitative estimate of drug-likeness (QED) is 0.766. The van der Waals surface area contributed by atoms with Gasteiger partial charge >= 0.3 is 0 Å². The van der Waals surface area contributed by atoms with Crippen molar-refractivity contribution in [2.45, 2.75) is 25.9 Å². The van der Waals surface area contributed by atoms with Gasteiger partial charge in [-0.15, -0.1) is 12.3 Å². The third kappa shape index (κ3) is 4.08. The molecule has 104 valence electrons. The number of rotatable bonds is 7. The van der Waals surface area contributed by atoms with Crippen LogP contribution in [0.25, 0.3) is 0 Å². The number of hydrogen-bond acceptors (Lipinski definition) is 4. The van der Waals surface area contributed by atoms with E-state index in [4.69, 9.17) is 20.6 Å². The Labute approximate surface area is 115 Å². The standard InChI is InChI=1S/C15H21NO3/c1-6-7-11(2)16-10-12-8-14(18-4)15(19-5)9-13(12)17-3/h1,8-9,11,16H,7,10H2,2-5H3. The van der Waals surface area contributed by atoms with Crippen molar-refractivity contribution in [3.8, 4) is 29.6 Å². The average Bonchev–Trinajstić information content (AvgIpc) is 2.44. The second kappa shape index (κ2) is 7.55. The second-order valence-corrected chi connectivity index (χ2v) is 4.21. The van der Waals surface area contributed by atoms with Crippen LogP contribution in [0.15, 0.2) is 12.1 Å². The van der Waals surface area contributed by atoms with E-state index < -0.39 is 0 Å². The van der Waals surface area contributed by atoms with Gasteiger partial charge in [-0.1, -0.05) is 0 Å². The van der Waals surface area contributed by atoms with Gasteiger partial charge in [0.25, 0.3) is 0 Å². The second-order valence-electron chi connectivity index (χ2n) is 4.21. The predicted octanol–water partition coefficient (Wildman–Crippen LogP) is 2.21. The van der Waals surface area contributed by atoms with E-state index in [-0.39, 0.29) is 6.04 Å². The first-order valence-electron chi connectivity index (χ1n) is 6.12. The molecule has 0 fully saturated rings. The summed E-state index contributed by atoms with van der Waals surface area (Å²) in [4.78, 5) is 0. The summed E-state index contributed by atoms with van der Waals surface area (Å²) in [5, 5.41) is 3.34. The summed E-state index contributed by atoms with van der Waals surface area (Å²) in [6.45, 7) is 2.71. The van der Waals surface area contributed by atoms with Crippen LogP contribution in [0.1, 0.15) is 18.9 Å². The van der Waals surface area contributed by atoms with Gasteiger partial charge in [0.1, 0.15) is 5.75 Å². The lowest BCUT2D eigenvalue weighted by Crippen LogP contribution is -2.25. The zero-order valence-corrected chi connectivity index (χ0v) is 11.9. The van der Waals surface area contributed by atoms with Crippen LogP contribution in [0, 0.1) is 12.3 Å². The molecule has 0 heterocycles. The maximum absolute atomic E-state index is 5.36. The van der Waals surface area contributed by atoms with Crippen molar-refractivity contribution < 1.29 is 14.2 Å². The van der Waals surface area contributed by atoms with E-state index in [1.165, 1.54) is 0 Å². The molecule has 19 heavy (non-hydrogen) atoms. The maximum Gasteiger partial charge on any atom is 0.164 e. The fourth-order valence-electron chi connectivity index (χ4n) is 1.76. The highest BCUT2D eigenvalue weighted by Gasteiger charge is 2.12. The molecule has 4 nitrogen and oxygen atoms in total. The topological polar surface area (TPSA) is 39.7 Å². The third-order valence-electron chi connectivity index (χ3n) is 2.85. The van der Waals surface area contributed by atoms with Gasteiger partial charge in [0.15, 0.2) is 11.5 Å². The summed E-state index contributed by atoms with van der Waals surface area (Å²) in [7, 11) is 4.85. The number of terminal acetylenes is 1. The lowest BCUT2D eigenvalue weighted by atomic mass is 10.1. The monoisotopic (exact) mass is 263 g/mol. The van der Waals surface area contributed by atoms with Gasteiger partial charge in [-0.3, -0.25) is 0 Å². The molecule has 0 saturated carbocycles. The molecule has 0 aliphatic rings. The van der Waals surface area contributed by atoms with Crippen molar-refractivity contribution in [3.63, 3.8) is 0 Å². The van der Waals surface area contributed by atoms with Gasteiger partial charge in [-0.05, 0) is 13.0 Å². The normalized spacial score (nSPS) is 11.5. The highest BCUT2D eigenvalue weighted by atomic mass is 16.5. The molecule has 0 aliphatic carbocycles. The van der Waals surface area contributed by atoms with E-state index in [1.807, 2.05) is 19.1 Å². The van der Waals surface area contributed by atoms with Crippen molar-refractivity contribution >= 4 is 0 Å². The number of nitrogens with one attached hydrogen (secondary N) is 1. The number of methoxy groups -OCH3 is 3. The molecule has 1 atom stereocenters. The predicted molar refractivity (Wildman–Crippen MR) is 75.8 cm³/mol. The van der Waals surface area contributed by atoms with Crippen LogP contribution >= 0.6 is 0 Å². The molecule has 1 N–H and O–H groups in total. The third-order valence-corrected chi connectivity index (χ3v) is 2.85. The summed E-state index contributed by atoms with van der Waals surface area (Å²) in [6.07, 6.45) is 5.98. The van der Waals surface area contributed by atoms with Crippen molar-refractivity contribution in [2.75, 3.05) is 21.3 Å². The lowest BCUT2D eigenvalue weighted by Gasteiger charge is -2.16. The van der Waals surface area contributed by atoms with Gasteiger partial charge in [0, 0.05) is 30.6 Å². The molecule has 0 aliphatic heterocycles. The van der Waals surface area contributed by atoms with E-state index in [9.17, 15) is 0 Å². The average molecular weight is 263 g/mol. The van der Waals surface area contributed by atoms with Crippen LogP contribution in [0.4, 0.5) is 0 Å². The highest BCUT2D eigenvalue weighted by molar-refractivity contribution is 5.50. The SMILES string of the molecule is C#CCC(C)NCc1cc(OC)c(OC)cc1OC. The fourth-order valence-corrected chi connectivity index (χ4v) is 1.76. The summed E-state index contributed by atoms with van der Waals surface area (Å²) in [5.74, 6) is 4.73. The van der Waals surface area contributed by atoms with E-state index in [2.05, 4.69) is 11.2 Å². The Morgan fingerprint density at radius 2 is 1.68 bits per heavy atom. The van der Waals surface area contributed by atoms with Gasteiger partial charge in [-0.2, -0.15) is 0 Å². The van der Waals surface area contributed by atoms with Crippen molar-refractivity contribution in [1.82, 2.24) is 5.32 Å². The first kappa shape index (κ1) is 15.2. The molecule has 1 aromatic rings. The number of benzene rings is 1.